The fourth-order valence-electron chi connectivity index (χ4n) is 1.38. The zero-order valence-corrected chi connectivity index (χ0v) is 12.0. The molecule has 2 rings (SSSR count). The van der Waals surface area contributed by atoms with Gasteiger partial charge in [0.05, 0.1) is 5.69 Å². The van der Waals surface area contributed by atoms with Crippen molar-refractivity contribution in [1.29, 1.82) is 0 Å². The van der Waals surface area contributed by atoms with Gasteiger partial charge in [-0.15, -0.1) is 0 Å². The molecule has 106 valence electrons. The van der Waals surface area contributed by atoms with Crippen LogP contribution in [0.2, 0.25) is 10.3 Å². The number of nitrogens with two attached hydrogens (primary N) is 1. The number of nitrogens with one attached hydrogen (secondary N) is 1. The quantitative estimate of drug-likeness (QED) is 0.662. The zero-order chi connectivity index (χ0) is 14.9. The number of hydrogen-bond donors (Lipinski definition) is 2. The molecule has 0 aliphatic carbocycles. The second-order valence-corrected chi connectivity index (χ2v) is 5.98. The average molecular weight is 337 g/mol. The number of aromatic nitrogens is 2. The van der Waals surface area contributed by atoms with Crippen molar-refractivity contribution in [2.24, 2.45) is 0 Å². The zero-order valence-electron chi connectivity index (χ0n) is 9.64. The highest BCUT2D eigenvalue weighted by Crippen LogP contribution is 2.29. The predicted molar refractivity (Wildman–Crippen MR) is 73.7 cm³/mol. The third-order valence-corrected chi connectivity index (χ3v) is 4.25. The van der Waals surface area contributed by atoms with E-state index in [2.05, 4.69) is 14.7 Å². The Morgan fingerprint density at radius 3 is 2.35 bits per heavy atom. The van der Waals surface area contributed by atoms with E-state index >= 15 is 0 Å². The van der Waals surface area contributed by atoms with Gasteiger partial charge in [0.25, 0.3) is 10.0 Å². The lowest BCUT2D eigenvalue weighted by Gasteiger charge is -2.11. The van der Waals surface area contributed by atoms with Crippen LogP contribution < -0.4 is 10.5 Å². The third kappa shape index (κ3) is 2.92. The molecule has 0 spiro atoms. The highest BCUT2D eigenvalue weighted by molar-refractivity contribution is 7.93. The summed E-state index contributed by atoms with van der Waals surface area (Å²) in [7, 11) is -4.10. The fourth-order valence-corrected chi connectivity index (χ4v) is 3.09. The topological polar surface area (TPSA) is 98.0 Å². The maximum atomic E-state index is 12.9. The minimum absolute atomic E-state index is 0.172. The van der Waals surface area contributed by atoms with Crippen LogP contribution in [-0.2, 0) is 10.0 Å². The van der Waals surface area contributed by atoms with Crippen molar-refractivity contribution in [2.75, 3.05) is 10.5 Å². The summed E-state index contributed by atoms with van der Waals surface area (Å²) in [5.74, 6) is -0.652. The van der Waals surface area contributed by atoms with Gasteiger partial charge in [-0.25, -0.2) is 22.8 Å². The van der Waals surface area contributed by atoms with Crippen molar-refractivity contribution < 1.29 is 12.8 Å². The number of nitrogen functional groups attached to an aromatic ring is 1. The molecular weight excluding hydrogens is 330 g/mol. The summed E-state index contributed by atoms with van der Waals surface area (Å²) in [5, 5.41) is -0.344. The lowest BCUT2D eigenvalue weighted by molar-refractivity contribution is 0.600. The van der Waals surface area contributed by atoms with Gasteiger partial charge in [-0.3, -0.25) is 4.72 Å². The van der Waals surface area contributed by atoms with Crippen LogP contribution in [0.1, 0.15) is 0 Å². The van der Waals surface area contributed by atoms with Crippen LogP contribution in [0.25, 0.3) is 0 Å². The fraction of sp³-hybridized carbons (Fsp3) is 0. The lowest BCUT2D eigenvalue weighted by atomic mass is 10.3. The molecule has 10 heteroatoms. The molecule has 0 saturated heterocycles. The van der Waals surface area contributed by atoms with Gasteiger partial charge in [-0.2, -0.15) is 0 Å². The number of halogens is 3. The van der Waals surface area contributed by atoms with Gasteiger partial charge < -0.3 is 5.73 Å². The monoisotopic (exact) mass is 336 g/mol. The standard InChI is InChI=1S/C10H7Cl2FN4O2S/c11-9-8(10(12)16-4-15-9)17-20(18,19)7-2-1-5(13)3-6(7)14/h1-4,17H,14H2. The first-order valence-electron chi connectivity index (χ1n) is 5.05. The minimum atomic E-state index is -4.10. The Bertz CT molecular complexity index is 750. The third-order valence-electron chi connectivity index (χ3n) is 2.25. The first-order valence-corrected chi connectivity index (χ1v) is 7.29. The SMILES string of the molecule is Nc1cc(F)ccc1S(=O)(=O)Nc1c(Cl)ncnc1Cl. The molecule has 0 aliphatic rings. The van der Waals surface area contributed by atoms with E-state index in [1.165, 1.54) is 0 Å². The van der Waals surface area contributed by atoms with Gasteiger partial charge in [0.2, 0.25) is 0 Å². The molecular formula is C10H7Cl2FN4O2S. The highest BCUT2D eigenvalue weighted by Gasteiger charge is 2.21. The Hall–Kier alpha value is -1.64. The lowest BCUT2D eigenvalue weighted by Crippen LogP contribution is -2.16. The van der Waals surface area contributed by atoms with Gasteiger partial charge in [0, 0.05) is 0 Å². The van der Waals surface area contributed by atoms with Crippen LogP contribution in [-0.4, -0.2) is 18.4 Å². The number of hydrogen-bond acceptors (Lipinski definition) is 5. The van der Waals surface area contributed by atoms with Gasteiger partial charge in [0.15, 0.2) is 10.3 Å². The smallest absolute Gasteiger partial charge is 0.264 e. The summed E-state index contributed by atoms with van der Waals surface area (Å²) in [6.45, 7) is 0. The van der Waals surface area contributed by atoms with Gasteiger partial charge in [0.1, 0.15) is 22.7 Å². The van der Waals surface area contributed by atoms with E-state index in [0.29, 0.717) is 0 Å². The Labute approximate surface area is 123 Å². The van der Waals surface area contributed by atoms with Crippen LogP contribution >= 0.6 is 23.2 Å². The molecule has 1 aromatic carbocycles. The number of rotatable bonds is 3. The van der Waals surface area contributed by atoms with Gasteiger partial charge in [-0.05, 0) is 18.2 Å². The van der Waals surface area contributed by atoms with Crippen molar-refractivity contribution in [3.63, 3.8) is 0 Å². The van der Waals surface area contributed by atoms with Crippen LogP contribution in [0.4, 0.5) is 15.8 Å². The normalized spacial score (nSPS) is 11.3. The van der Waals surface area contributed by atoms with Crippen LogP contribution in [0.5, 0.6) is 0 Å². The summed E-state index contributed by atoms with van der Waals surface area (Å²) < 4.78 is 39.3. The van der Waals surface area contributed by atoms with Crippen LogP contribution in [0, 0.1) is 5.82 Å². The summed E-state index contributed by atoms with van der Waals surface area (Å²) in [6, 6.07) is 2.88. The maximum Gasteiger partial charge on any atom is 0.264 e. The number of sulfonamides is 1. The molecule has 20 heavy (non-hydrogen) atoms. The highest BCUT2D eigenvalue weighted by atomic mass is 35.5. The molecule has 0 aliphatic heterocycles. The second-order valence-electron chi connectivity index (χ2n) is 3.62. The molecule has 0 unspecified atom stereocenters. The Morgan fingerprint density at radius 1 is 1.20 bits per heavy atom. The average Bonchev–Trinajstić information content (AvgIpc) is 2.33. The summed E-state index contributed by atoms with van der Waals surface area (Å²) >= 11 is 11.5. The van der Waals surface area contributed by atoms with Crippen molar-refractivity contribution in [3.05, 3.63) is 40.6 Å². The van der Waals surface area contributed by atoms with E-state index in [4.69, 9.17) is 28.9 Å². The molecule has 2 aromatic rings. The number of nitrogens with zero attached hydrogens (tertiary/aromatic N) is 2. The van der Waals surface area contributed by atoms with Crippen LogP contribution in [0.3, 0.4) is 0 Å². The van der Waals surface area contributed by atoms with E-state index in [1.807, 2.05) is 0 Å². The molecule has 0 saturated carbocycles. The van der Waals surface area contributed by atoms with E-state index in [-0.39, 0.29) is 26.6 Å². The van der Waals surface area contributed by atoms with Crippen LogP contribution in [0.15, 0.2) is 29.4 Å². The van der Waals surface area contributed by atoms with Crippen molar-refractivity contribution in [3.8, 4) is 0 Å². The molecule has 0 radical (unpaired) electrons. The number of anilines is 2. The van der Waals surface area contributed by atoms with Gasteiger partial charge in [-0.1, -0.05) is 23.2 Å². The minimum Gasteiger partial charge on any atom is -0.398 e. The predicted octanol–water partition coefficient (Wildman–Crippen LogP) is 2.31. The molecule has 6 nitrogen and oxygen atoms in total. The summed E-state index contributed by atoms with van der Waals surface area (Å²) in [4.78, 5) is 6.90. The molecule has 0 fully saturated rings. The molecule has 0 amide bonds. The molecule has 0 atom stereocenters. The van der Waals surface area contributed by atoms with Crippen molar-refractivity contribution >= 4 is 44.6 Å². The van der Waals surface area contributed by atoms with Crippen molar-refractivity contribution in [1.82, 2.24) is 9.97 Å². The second kappa shape index (κ2) is 5.39. The molecule has 1 aromatic heterocycles. The summed E-state index contributed by atoms with van der Waals surface area (Å²) in [5.41, 5.74) is 5.05. The molecule has 3 N–H and O–H groups in total. The summed E-state index contributed by atoms with van der Waals surface area (Å²) in [6.07, 6.45) is 1.08. The number of benzene rings is 1. The van der Waals surface area contributed by atoms with Gasteiger partial charge >= 0.3 is 0 Å². The van der Waals surface area contributed by atoms with E-state index in [1.54, 1.807) is 0 Å². The van der Waals surface area contributed by atoms with E-state index in [0.717, 1.165) is 24.5 Å². The largest absolute Gasteiger partial charge is 0.398 e. The first-order chi connectivity index (χ1) is 9.31. The Morgan fingerprint density at radius 2 is 1.80 bits per heavy atom. The van der Waals surface area contributed by atoms with E-state index < -0.39 is 15.8 Å². The van der Waals surface area contributed by atoms with Crippen molar-refractivity contribution in [2.45, 2.75) is 4.90 Å². The Kier molecular flexibility index (Phi) is 3.98. The molecule has 1 heterocycles. The maximum absolute atomic E-state index is 12.9. The first kappa shape index (κ1) is 14.8. The molecule has 0 bridgehead atoms. The Balaban J connectivity index is 2.46. The van der Waals surface area contributed by atoms with E-state index in [9.17, 15) is 12.8 Å².